The Morgan fingerprint density at radius 2 is 2.12 bits per heavy atom. The molecule has 2 rings (SSSR count). The van der Waals surface area contributed by atoms with Crippen LogP contribution in [-0.4, -0.2) is 35.2 Å². The lowest BCUT2D eigenvalue weighted by atomic mass is 10.4. The summed E-state index contributed by atoms with van der Waals surface area (Å²) in [5.74, 6) is 1.35. The van der Waals surface area contributed by atoms with Crippen LogP contribution >= 0.6 is 11.6 Å². The lowest BCUT2D eigenvalue weighted by Crippen LogP contribution is -2.23. The van der Waals surface area contributed by atoms with E-state index < -0.39 is 0 Å². The van der Waals surface area contributed by atoms with Gasteiger partial charge in [0.25, 0.3) is 0 Å². The van der Waals surface area contributed by atoms with Crippen molar-refractivity contribution in [2.45, 2.75) is 19.8 Å². The van der Waals surface area contributed by atoms with Crippen LogP contribution in [0.2, 0.25) is 5.28 Å². The molecule has 88 valence electrons. The molecule has 16 heavy (non-hydrogen) atoms. The van der Waals surface area contributed by atoms with Crippen LogP contribution in [0.5, 0.6) is 6.01 Å². The third-order valence-corrected chi connectivity index (χ3v) is 2.59. The van der Waals surface area contributed by atoms with Gasteiger partial charge >= 0.3 is 6.01 Å². The fraction of sp³-hybridized carbons (Fsp3) is 0.700. The number of anilines is 1. The number of nitrogens with zero attached hydrogens (tertiary/aromatic N) is 4. The Balaban J connectivity index is 2.11. The number of rotatable bonds is 5. The molecule has 0 aliphatic heterocycles. The maximum atomic E-state index is 5.81. The van der Waals surface area contributed by atoms with Gasteiger partial charge in [-0.2, -0.15) is 15.0 Å². The summed E-state index contributed by atoms with van der Waals surface area (Å²) in [6.45, 7) is 3.36. The molecular weight excluding hydrogens is 228 g/mol. The SMILES string of the molecule is CCOc1nc(Cl)nc(N(C)CC2CC2)n1. The summed E-state index contributed by atoms with van der Waals surface area (Å²) < 4.78 is 5.22. The summed E-state index contributed by atoms with van der Waals surface area (Å²) in [6, 6.07) is 0.292. The van der Waals surface area contributed by atoms with Crippen molar-refractivity contribution < 1.29 is 4.74 Å². The molecule has 0 atom stereocenters. The molecule has 6 heteroatoms. The average molecular weight is 243 g/mol. The van der Waals surface area contributed by atoms with Crippen molar-refractivity contribution in [3.63, 3.8) is 0 Å². The summed E-state index contributed by atoms with van der Waals surface area (Å²) in [5, 5.41) is 0.177. The Morgan fingerprint density at radius 1 is 1.38 bits per heavy atom. The third kappa shape index (κ3) is 2.95. The number of ether oxygens (including phenoxy) is 1. The molecule has 0 radical (unpaired) electrons. The molecule has 0 bridgehead atoms. The summed E-state index contributed by atoms with van der Waals surface area (Å²) >= 11 is 5.81. The van der Waals surface area contributed by atoms with Gasteiger partial charge in [0.15, 0.2) is 0 Å². The van der Waals surface area contributed by atoms with E-state index in [2.05, 4.69) is 15.0 Å². The third-order valence-electron chi connectivity index (χ3n) is 2.42. The van der Waals surface area contributed by atoms with E-state index in [9.17, 15) is 0 Å². The van der Waals surface area contributed by atoms with Gasteiger partial charge in [0.1, 0.15) is 0 Å². The van der Waals surface area contributed by atoms with Crippen LogP contribution < -0.4 is 9.64 Å². The van der Waals surface area contributed by atoms with E-state index in [1.165, 1.54) is 12.8 Å². The standard InChI is InChI=1S/C10H15ClN4O/c1-3-16-10-13-8(11)12-9(14-10)15(2)6-7-4-5-7/h7H,3-6H2,1-2H3. The molecule has 1 aromatic rings. The topological polar surface area (TPSA) is 51.1 Å². The lowest BCUT2D eigenvalue weighted by Gasteiger charge is -2.16. The van der Waals surface area contributed by atoms with Crippen LogP contribution in [0.25, 0.3) is 0 Å². The quantitative estimate of drug-likeness (QED) is 0.788. The highest BCUT2D eigenvalue weighted by atomic mass is 35.5. The highest BCUT2D eigenvalue weighted by Crippen LogP contribution is 2.30. The van der Waals surface area contributed by atoms with E-state index in [-0.39, 0.29) is 5.28 Å². The maximum Gasteiger partial charge on any atom is 0.322 e. The normalized spacial score (nSPS) is 14.9. The molecule has 1 heterocycles. The predicted molar refractivity (Wildman–Crippen MR) is 62.0 cm³/mol. The molecule has 0 saturated heterocycles. The first-order valence-electron chi connectivity index (χ1n) is 5.44. The monoisotopic (exact) mass is 242 g/mol. The van der Waals surface area contributed by atoms with Crippen LogP contribution in [-0.2, 0) is 0 Å². The highest BCUT2D eigenvalue weighted by Gasteiger charge is 2.24. The molecule has 0 N–H and O–H groups in total. The fourth-order valence-electron chi connectivity index (χ4n) is 1.46. The van der Waals surface area contributed by atoms with Crippen molar-refractivity contribution >= 4 is 17.5 Å². The summed E-state index contributed by atoms with van der Waals surface area (Å²) in [5.41, 5.74) is 0. The maximum absolute atomic E-state index is 5.81. The largest absolute Gasteiger partial charge is 0.464 e. The van der Waals surface area contributed by atoms with Gasteiger partial charge in [-0.15, -0.1) is 0 Å². The van der Waals surface area contributed by atoms with Gasteiger partial charge in [0.2, 0.25) is 11.2 Å². The number of hydrogen-bond acceptors (Lipinski definition) is 5. The molecule has 1 saturated carbocycles. The van der Waals surface area contributed by atoms with Gasteiger partial charge < -0.3 is 9.64 Å². The number of hydrogen-bond donors (Lipinski definition) is 0. The number of aromatic nitrogens is 3. The van der Waals surface area contributed by atoms with Gasteiger partial charge in [0, 0.05) is 13.6 Å². The van der Waals surface area contributed by atoms with Gasteiger partial charge in [0.05, 0.1) is 6.61 Å². The molecule has 1 aliphatic rings. The minimum Gasteiger partial charge on any atom is -0.464 e. The van der Waals surface area contributed by atoms with Crippen molar-refractivity contribution in [2.24, 2.45) is 5.92 Å². The van der Waals surface area contributed by atoms with E-state index >= 15 is 0 Å². The smallest absolute Gasteiger partial charge is 0.322 e. The van der Waals surface area contributed by atoms with E-state index in [0.717, 1.165) is 12.5 Å². The van der Waals surface area contributed by atoms with E-state index in [1.54, 1.807) is 0 Å². The van der Waals surface area contributed by atoms with Crippen molar-refractivity contribution in [1.29, 1.82) is 0 Å². The minimum atomic E-state index is 0.177. The van der Waals surface area contributed by atoms with Crippen LogP contribution in [0.1, 0.15) is 19.8 Å². The Bertz CT molecular complexity index is 370. The Morgan fingerprint density at radius 3 is 2.75 bits per heavy atom. The Labute approximate surface area is 99.8 Å². The molecule has 0 spiro atoms. The summed E-state index contributed by atoms with van der Waals surface area (Å²) in [6.07, 6.45) is 2.59. The molecule has 0 unspecified atom stereocenters. The molecule has 1 aliphatic carbocycles. The van der Waals surface area contributed by atoms with Crippen molar-refractivity contribution in [3.8, 4) is 6.01 Å². The van der Waals surface area contributed by atoms with Gasteiger partial charge in [-0.1, -0.05) is 0 Å². The van der Waals surface area contributed by atoms with Crippen LogP contribution in [0.4, 0.5) is 5.95 Å². The Kier molecular flexibility index (Phi) is 3.43. The average Bonchev–Trinajstić information content (AvgIpc) is 3.01. The first-order valence-corrected chi connectivity index (χ1v) is 5.82. The van der Waals surface area contributed by atoms with E-state index in [0.29, 0.717) is 18.6 Å². The molecule has 0 aromatic carbocycles. The second-order valence-electron chi connectivity index (χ2n) is 3.94. The van der Waals surface area contributed by atoms with Crippen molar-refractivity contribution in [3.05, 3.63) is 5.28 Å². The summed E-state index contributed by atoms with van der Waals surface area (Å²) in [7, 11) is 1.96. The predicted octanol–water partition coefficient (Wildman–Crippen LogP) is 1.77. The van der Waals surface area contributed by atoms with Crippen molar-refractivity contribution in [1.82, 2.24) is 15.0 Å². The molecule has 5 nitrogen and oxygen atoms in total. The minimum absolute atomic E-state index is 0.177. The second-order valence-corrected chi connectivity index (χ2v) is 4.28. The van der Waals surface area contributed by atoms with E-state index in [4.69, 9.17) is 16.3 Å². The zero-order valence-corrected chi connectivity index (χ0v) is 10.2. The lowest BCUT2D eigenvalue weighted by molar-refractivity contribution is 0.311. The van der Waals surface area contributed by atoms with Crippen LogP contribution in [0.15, 0.2) is 0 Å². The van der Waals surface area contributed by atoms with Crippen LogP contribution in [0.3, 0.4) is 0 Å². The first-order chi connectivity index (χ1) is 7.69. The van der Waals surface area contributed by atoms with Gasteiger partial charge in [-0.05, 0) is 37.3 Å². The number of halogens is 1. The molecular formula is C10H15ClN4O. The molecule has 0 amide bonds. The van der Waals surface area contributed by atoms with Crippen LogP contribution in [0, 0.1) is 5.92 Å². The highest BCUT2D eigenvalue weighted by molar-refractivity contribution is 6.28. The van der Waals surface area contributed by atoms with Gasteiger partial charge in [-0.25, -0.2) is 0 Å². The van der Waals surface area contributed by atoms with Gasteiger partial charge in [-0.3, -0.25) is 0 Å². The summed E-state index contributed by atoms with van der Waals surface area (Å²) in [4.78, 5) is 14.2. The zero-order chi connectivity index (χ0) is 11.5. The second kappa shape index (κ2) is 4.82. The molecule has 1 aromatic heterocycles. The molecule has 1 fully saturated rings. The van der Waals surface area contributed by atoms with E-state index in [1.807, 2.05) is 18.9 Å². The zero-order valence-electron chi connectivity index (χ0n) is 9.48. The van der Waals surface area contributed by atoms with Crippen molar-refractivity contribution in [2.75, 3.05) is 25.1 Å². The Hall–Kier alpha value is -1.10. The fourth-order valence-corrected chi connectivity index (χ4v) is 1.60. The first kappa shape index (κ1) is 11.4.